The van der Waals surface area contributed by atoms with Crippen molar-refractivity contribution in [3.63, 3.8) is 0 Å². The van der Waals surface area contributed by atoms with E-state index >= 15 is 0 Å². The number of halogens is 3. The molecule has 5 rings (SSSR count). The van der Waals surface area contributed by atoms with Crippen molar-refractivity contribution in [3.05, 3.63) is 47.0 Å². The second kappa shape index (κ2) is 6.14. The van der Waals surface area contributed by atoms with E-state index in [-0.39, 0.29) is 11.3 Å². The number of piperidine rings is 1. The van der Waals surface area contributed by atoms with Gasteiger partial charge < -0.3 is 15.5 Å². The number of benzene rings is 2. The molecule has 1 saturated heterocycles. The summed E-state index contributed by atoms with van der Waals surface area (Å²) in [6.45, 7) is 3.09. The summed E-state index contributed by atoms with van der Waals surface area (Å²) < 4.78 is 41.1. The maximum absolute atomic E-state index is 13.7. The van der Waals surface area contributed by atoms with E-state index in [1.165, 1.54) is 22.9 Å². The summed E-state index contributed by atoms with van der Waals surface area (Å²) in [5.41, 5.74) is 9.77. The number of rotatable bonds is 1. The van der Waals surface area contributed by atoms with Crippen LogP contribution in [0.2, 0.25) is 0 Å². The zero-order valence-corrected chi connectivity index (χ0v) is 15.9. The van der Waals surface area contributed by atoms with Crippen LogP contribution in [0.1, 0.15) is 35.4 Å². The summed E-state index contributed by atoms with van der Waals surface area (Å²) >= 11 is 0. The number of hydrogen-bond acceptors (Lipinski definition) is 3. The Kier molecular flexibility index (Phi) is 3.92. The highest BCUT2D eigenvalue weighted by Crippen LogP contribution is 2.50. The van der Waals surface area contributed by atoms with Gasteiger partial charge in [0.25, 0.3) is 0 Å². The SMILES string of the molecule is CN1CC[C@@H]2[C@H](C1)c1cc(-c3ccc(N)cc3C(F)(F)F)cc3c1N2CCC3. The molecule has 2 aromatic carbocycles. The van der Waals surface area contributed by atoms with Crippen LogP contribution in [0, 0.1) is 0 Å². The molecule has 0 spiro atoms. The Bertz CT molecular complexity index is 937. The van der Waals surface area contributed by atoms with E-state index in [1.54, 1.807) is 6.07 Å². The lowest BCUT2D eigenvalue weighted by atomic mass is 9.86. The quantitative estimate of drug-likeness (QED) is 0.731. The van der Waals surface area contributed by atoms with Gasteiger partial charge >= 0.3 is 6.18 Å². The Morgan fingerprint density at radius 3 is 2.71 bits per heavy atom. The Morgan fingerprint density at radius 1 is 1.11 bits per heavy atom. The fourth-order valence-electron chi connectivity index (χ4n) is 5.41. The van der Waals surface area contributed by atoms with E-state index in [1.807, 2.05) is 12.1 Å². The summed E-state index contributed by atoms with van der Waals surface area (Å²) in [5, 5.41) is 0. The van der Waals surface area contributed by atoms with Gasteiger partial charge in [-0.15, -0.1) is 0 Å². The van der Waals surface area contributed by atoms with Gasteiger partial charge in [0, 0.05) is 36.4 Å². The molecule has 2 aromatic rings. The Hall–Kier alpha value is -2.21. The molecule has 28 heavy (non-hydrogen) atoms. The number of likely N-dealkylation sites (N-methyl/N-ethyl adjacent to an activating group) is 1. The molecule has 1 fully saturated rings. The molecule has 148 valence electrons. The highest BCUT2D eigenvalue weighted by Gasteiger charge is 2.44. The largest absolute Gasteiger partial charge is 0.417 e. The molecule has 3 aliphatic heterocycles. The average Bonchev–Trinajstić information content (AvgIpc) is 2.96. The van der Waals surface area contributed by atoms with Crippen molar-refractivity contribution in [1.29, 1.82) is 0 Å². The number of aryl methyl sites for hydroxylation is 1. The Labute approximate surface area is 162 Å². The monoisotopic (exact) mass is 387 g/mol. The average molecular weight is 387 g/mol. The third kappa shape index (κ3) is 2.69. The predicted molar refractivity (Wildman–Crippen MR) is 106 cm³/mol. The number of alkyl halides is 3. The van der Waals surface area contributed by atoms with Crippen molar-refractivity contribution in [2.75, 3.05) is 37.3 Å². The van der Waals surface area contributed by atoms with Gasteiger partial charge in [-0.1, -0.05) is 6.07 Å². The number of fused-ring (bicyclic) bond motifs is 3. The minimum Gasteiger partial charge on any atom is -0.399 e. The van der Waals surface area contributed by atoms with Crippen LogP contribution in [0.5, 0.6) is 0 Å². The van der Waals surface area contributed by atoms with Crippen molar-refractivity contribution < 1.29 is 13.2 Å². The zero-order valence-electron chi connectivity index (χ0n) is 15.9. The summed E-state index contributed by atoms with van der Waals surface area (Å²) in [5.74, 6) is 0.369. The molecule has 0 bridgehead atoms. The molecule has 0 aromatic heterocycles. The minimum atomic E-state index is -4.43. The van der Waals surface area contributed by atoms with E-state index in [0.717, 1.165) is 45.0 Å². The highest BCUT2D eigenvalue weighted by molar-refractivity contribution is 5.79. The zero-order chi connectivity index (χ0) is 19.6. The number of nitrogens with zero attached hydrogens (tertiary/aromatic N) is 2. The number of hydrogen-bond donors (Lipinski definition) is 1. The fraction of sp³-hybridized carbons (Fsp3) is 0.455. The van der Waals surface area contributed by atoms with Gasteiger partial charge in [-0.05, 0) is 79.4 Å². The molecule has 0 radical (unpaired) electrons. The van der Waals surface area contributed by atoms with E-state index in [4.69, 9.17) is 5.73 Å². The van der Waals surface area contributed by atoms with Crippen LogP contribution in [-0.2, 0) is 12.6 Å². The highest BCUT2D eigenvalue weighted by atomic mass is 19.4. The minimum absolute atomic E-state index is 0.138. The van der Waals surface area contributed by atoms with Crippen LogP contribution < -0.4 is 10.6 Å². The number of anilines is 2. The first kappa shape index (κ1) is 17.9. The van der Waals surface area contributed by atoms with Crippen molar-refractivity contribution in [2.45, 2.75) is 37.4 Å². The van der Waals surface area contributed by atoms with Gasteiger partial charge in [0.15, 0.2) is 0 Å². The molecule has 2 atom stereocenters. The molecular formula is C22H24F3N3. The maximum atomic E-state index is 13.7. The van der Waals surface area contributed by atoms with Gasteiger partial charge in [0.1, 0.15) is 0 Å². The first-order valence-electron chi connectivity index (χ1n) is 9.92. The van der Waals surface area contributed by atoms with Crippen LogP contribution in [0.4, 0.5) is 24.5 Å². The van der Waals surface area contributed by atoms with E-state index in [9.17, 15) is 13.2 Å². The third-order valence-electron chi connectivity index (χ3n) is 6.59. The van der Waals surface area contributed by atoms with Crippen molar-refractivity contribution in [2.24, 2.45) is 0 Å². The molecule has 2 N–H and O–H groups in total. The van der Waals surface area contributed by atoms with Gasteiger partial charge in [0.2, 0.25) is 0 Å². The molecule has 0 amide bonds. The molecule has 3 aliphatic rings. The lowest BCUT2D eigenvalue weighted by Crippen LogP contribution is -2.45. The first-order chi connectivity index (χ1) is 13.3. The van der Waals surface area contributed by atoms with E-state index in [2.05, 4.69) is 16.8 Å². The second-order valence-electron chi connectivity index (χ2n) is 8.40. The van der Waals surface area contributed by atoms with E-state index < -0.39 is 11.7 Å². The lowest BCUT2D eigenvalue weighted by molar-refractivity contribution is -0.137. The Balaban J connectivity index is 1.69. The van der Waals surface area contributed by atoms with Crippen molar-refractivity contribution in [3.8, 4) is 11.1 Å². The molecule has 0 unspecified atom stereocenters. The summed E-state index contributed by atoms with van der Waals surface area (Å²) in [7, 11) is 2.13. The molecule has 3 nitrogen and oxygen atoms in total. The van der Waals surface area contributed by atoms with Gasteiger partial charge in [-0.3, -0.25) is 0 Å². The predicted octanol–water partition coefficient (Wildman–Crippen LogP) is 4.51. The van der Waals surface area contributed by atoms with Gasteiger partial charge in [-0.2, -0.15) is 13.2 Å². The molecule has 3 heterocycles. The molecule has 6 heteroatoms. The Morgan fingerprint density at radius 2 is 1.93 bits per heavy atom. The van der Waals surface area contributed by atoms with Crippen LogP contribution in [0.15, 0.2) is 30.3 Å². The maximum Gasteiger partial charge on any atom is 0.417 e. The van der Waals surface area contributed by atoms with Crippen LogP contribution in [0.25, 0.3) is 11.1 Å². The lowest BCUT2D eigenvalue weighted by Gasteiger charge is -2.38. The summed E-state index contributed by atoms with van der Waals surface area (Å²) in [6, 6.07) is 8.61. The summed E-state index contributed by atoms with van der Waals surface area (Å²) in [4.78, 5) is 4.87. The van der Waals surface area contributed by atoms with Crippen molar-refractivity contribution >= 4 is 11.4 Å². The van der Waals surface area contributed by atoms with Gasteiger partial charge in [0.05, 0.1) is 5.56 Å². The summed E-state index contributed by atoms with van der Waals surface area (Å²) in [6.07, 6.45) is -1.33. The second-order valence-corrected chi connectivity index (χ2v) is 8.40. The standard InChI is InChI=1S/C22H24F3N3/c1-27-8-6-20-18(12-27)17-10-14(9-13-3-2-7-28(20)21(13)17)16-5-4-15(26)11-19(16)22(23,24)25/h4-5,9-11,18,20H,2-3,6-8,12,26H2,1H3/t18-,20-/m1/s1. The third-order valence-corrected chi connectivity index (χ3v) is 6.59. The van der Waals surface area contributed by atoms with Gasteiger partial charge in [-0.25, -0.2) is 0 Å². The van der Waals surface area contributed by atoms with E-state index in [0.29, 0.717) is 17.5 Å². The fourth-order valence-corrected chi connectivity index (χ4v) is 5.41. The normalized spacial score (nSPS) is 24.2. The smallest absolute Gasteiger partial charge is 0.399 e. The molecular weight excluding hydrogens is 363 g/mol. The van der Waals surface area contributed by atoms with Crippen molar-refractivity contribution in [1.82, 2.24) is 4.90 Å². The molecule has 0 aliphatic carbocycles. The number of likely N-dealkylation sites (tertiary alicyclic amines) is 1. The number of nitrogen functional groups attached to an aromatic ring is 1. The molecule has 0 saturated carbocycles. The van der Waals surface area contributed by atoms with Crippen LogP contribution >= 0.6 is 0 Å². The number of nitrogens with two attached hydrogens (primary N) is 1. The van der Waals surface area contributed by atoms with Crippen LogP contribution in [0.3, 0.4) is 0 Å². The topological polar surface area (TPSA) is 32.5 Å². The van der Waals surface area contributed by atoms with Crippen LogP contribution in [-0.4, -0.2) is 37.6 Å². The first-order valence-corrected chi connectivity index (χ1v) is 9.92.